The molecule has 4 heteroatoms. The third-order valence-corrected chi connectivity index (χ3v) is 8.28. The molecule has 0 atom stereocenters. The van der Waals surface area contributed by atoms with Gasteiger partial charge in [-0.2, -0.15) is 0 Å². The lowest BCUT2D eigenvalue weighted by Crippen LogP contribution is -2.43. The number of fused-ring (bicyclic) bond motifs is 4. The summed E-state index contributed by atoms with van der Waals surface area (Å²) in [6.07, 6.45) is 5.82. The summed E-state index contributed by atoms with van der Waals surface area (Å²) in [5, 5.41) is 12.1. The molecule has 1 N–H and O–H groups in total. The highest BCUT2D eigenvalue weighted by molar-refractivity contribution is 5.85. The van der Waals surface area contributed by atoms with Gasteiger partial charge < -0.3 is 14.7 Å². The maximum absolute atomic E-state index is 12.1. The second kappa shape index (κ2) is 9.47. The average molecular weight is 476 g/mol. The zero-order valence-electron chi connectivity index (χ0n) is 19.7. The first-order valence-electron chi connectivity index (χ1n) is 12.5. The van der Waals surface area contributed by atoms with Gasteiger partial charge in [-0.25, -0.2) is 0 Å². The second-order valence-electron chi connectivity index (χ2n) is 10.1. The number of aryl methyl sites for hydroxylation is 2. The first-order valence-corrected chi connectivity index (χ1v) is 12.5. The standard InChI is InChI=1S/C30H33NO2.ClH/c32-30(27-12-5-1-8-23(27)14-15-24-9-2-6-13-28(24)30)16-7-19-31-20-17-29(18-21-31)26-11-4-3-10-25(26)22-33-29;/h1-6,8-13,32H,7,14-22H2;1H. The van der Waals surface area contributed by atoms with Crippen LogP contribution in [0.4, 0.5) is 0 Å². The minimum Gasteiger partial charge on any atom is -0.380 e. The van der Waals surface area contributed by atoms with Crippen LogP contribution < -0.4 is 0 Å². The van der Waals surface area contributed by atoms with Crippen molar-refractivity contribution in [2.75, 3.05) is 19.6 Å². The van der Waals surface area contributed by atoms with Crippen molar-refractivity contribution in [3.63, 3.8) is 0 Å². The predicted molar refractivity (Wildman–Crippen MR) is 138 cm³/mol. The predicted octanol–water partition coefficient (Wildman–Crippen LogP) is 5.74. The lowest BCUT2D eigenvalue weighted by Gasteiger charge is -2.40. The van der Waals surface area contributed by atoms with Crippen LogP contribution in [0.25, 0.3) is 0 Å². The van der Waals surface area contributed by atoms with Gasteiger partial charge in [0.15, 0.2) is 0 Å². The fourth-order valence-corrected chi connectivity index (χ4v) is 6.46. The molecule has 6 rings (SSSR count). The number of rotatable bonds is 4. The highest BCUT2D eigenvalue weighted by atomic mass is 35.5. The van der Waals surface area contributed by atoms with E-state index >= 15 is 0 Å². The Kier molecular flexibility index (Phi) is 6.56. The summed E-state index contributed by atoms with van der Waals surface area (Å²) in [4.78, 5) is 2.56. The van der Waals surface area contributed by atoms with Crippen LogP contribution in [0, 0.1) is 0 Å². The average Bonchev–Trinajstić information content (AvgIpc) is 3.16. The molecule has 0 bridgehead atoms. The third-order valence-electron chi connectivity index (χ3n) is 8.28. The van der Waals surface area contributed by atoms with Crippen molar-refractivity contribution in [1.29, 1.82) is 0 Å². The molecule has 34 heavy (non-hydrogen) atoms. The second-order valence-corrected chi connectivity index (χ2v) is 10.1. The smallest absolute Gasteiger partial charge is 0.115 e. The van der Waals surface area contributed by atoms with Gasteiger partial charge in [0.1, 0.15) is 5.60 Å². The van der Waals surface area contributed by atoms with Gasteiger partial charge in [0, 0.05) is 13.1 Å². The summed E-state index contributed by atoms with van der Waals surface area (Å²) in [5.41, 5.74) is 6.55. The van der Waals surface area contributed by atoms with E-state index in [9.17, 15) is 5.11 Å². The van der Waals surface area contributed by atoms with Crippen LogP contribution in [-0.2, 0) is 35.4 Å². The molecule has 1 saturated heterocycles. The third kappa shape index (κ3) is 3.99. The molecular weight excluding hydrogens is 442 g/mol. The molecule has 2 aliphatic heterocycles. The molecule has 2 heterocycles. The molecule has 1 spiro atoms. The summed E-state index contributed by atoms with van der Waals surface area (Å²) in [6.45, 7) is 3.88. The molecule has 3 aromatic rings. The first-order chi connectivity index (χ1) is 16.2. The number of ether oxygens (including phenoxy) is 1. The van der Waals surface area contributed by atoms with E-state index in [-0.39, 0.29) is 18.0 Å². The number of nitrogens with zero attached hydrogens (tertiary/aromatic N) is 1. The molecule has 0 radical (unpaired) electrons. The van der Waals surface area contributed by atoms with Crippen molar-refractivity contribution in [3.8, 4) is 0 Å². The molecule has 0 saturated carbocycles. The largest absolute Gasteiger partial charge is 0.380 e. The number of aliphatic hydroxyl groups is 1. The van der Waals surface area contributed by atoms with Crippen LogP contribution in [0.2, 0.25) is 0 Å². The van der Waals surface area contributed by atoms with Gasteiger partial charge in [-0.05, 0) is 78.5 Å². The Morgan fingerprint density at radius 1 is 0.735 bits per heavy atom. The summed E-state index contributed by atoms with van der Waals surface area (Å²) >= 11 is 0. The number of hydrogen-bond acceptors (Lipinski definition) is 3. The van der Waals surface area contributed by atoms with E-state index in [1.165, 1.54) is 22.3 Å². The van der Waals surface area contributed by atoms with Crippen LogP contribution in [0.1, 0.15) is 59.1 Å². The van der Waals surface area contributed by atoms with Crippen LogP contribution in [-0.4, -0.2) is 29.6 Å². The highest BCUT2D eigenvalue weighted by Crippen LogP contribution is 2.44. The van der Waals surface area contributed by atoms with E-state index in [0.717, 1.165) is 75.9 Å². The minimum absolute atomic E-state index is 0. The molecule has 3 aliphatic rings. The van der Waals surface area contributed by atoms with Gasteiger partial charge in [0.25, 0.3) is 0 Å². The van der Waals surface area contributed by atoms with E-state index in [0.29, 0.717) is 0 Å². The number of piperidine rings is 1. The summed E-state index contributed by atoms with van der Waals surface area (Å²) in [6, 6.07) is 25.7. The van der Waals surface area contributed by atoms with E-state index in [1.54, 1.807) is 0 Å². The number of hydrogen-bond donors (Lipinski definition) is 1. The van der Waals surface area contributed by atoms with Crippen LogP contribution in [0.5, 0.6) is 0 Å². The van der Waals surface area contributed by atoms with Crippen molar-refractivity contribution >= 4 is 12.4 Å². The van der Waals surface area contributed by atoms with Crippen molar-refractivity contribution in [1.82, 2.24) is 4.90 Å². The first kappa shape index (κ1) is 23.6. The Balaban J connectivity index is 0.00000241. The molecule has 178 valence electrons. The Morgan fingerprint density at radius 3 is 1.88 bits per heavy atom. The fraction of sp³-hybridized carbons (Fsp3) is 0.400. The molecule has 3 nitrogen and oxygen atoms in total. The van der Waals surface area contributed by atoms with Crippen molar-refractivity contribution in [3.05, 3.63) is 106 Å². The van der Waals surface area contributed by atoms with Gasteiger partial charge in [-0.3, -0.25) is 0 Å². The quantitative estimate of drug-likeness (QED) is 0.522. The lowest BCUT2D eigenvalue weighted by molar-refractivity contribution is -0.0793. The number of benzene rings is 3. The number of halogens is 1. The van der Waals surface area contributed by atoms with Gasteiger partial charge in [-0.1, -0.05) is 72.8 Å². The SMILES string of the molecule is Cl.OC1(CCCN2CCC3(CC2)OCc2ccccc23)c2ccccc2CCc2ccccc21. The Hall–Kier alpha value is -2.17. The maximum Gasteiger partial charge on any atom is 0.115 e. The maximum atomic E-state index is 12.1. The van der Waals surface area contributed by atoms with Gasteiger partial charge in [0.2, 0.25) is 0 Å². The zero-order chi connectivity index (χ0) is 22.3. The Morgan fingerprint density at radius 2 is 1.26 bits per heavy atom. The fourth-order valence-electron chi connectivity index (χ4n) is 6.46. The van der Waals surface area contributed by atoms with Crippen LogP contribution in [0.3, 0.4) is 0 Å². The molecule has 3 aromatic carbocycles. The Bertz CT molecular complexity index is 1100. The molecule has 0 unspecified atom stereocenters. The summed E-state index contributed by atoms with van der Waals surface area (Å²) < 4.78 is 6.34. The minimum atomic E-state index is -0.909. The Labute approximate surface area is 209 Å². The van der Waals surface area contributed by atoms with E-state index in [1.807, 2.05) is 0 Å². The topological polar surface area (TPSA) is 32.7 Å². The zero-order valence-corrected chi connectivity index (χ0v) is 20.5. The number of likely N-dealkylation sites (tertiary alicyclic amines) is 1. The van der Waals surface area contributed by atoms with E-state index in [4.69, 9.17) is 4.74 Å². The lowest BCUT2D eigenvalue weighted by atomic mass is 9.80. The van der Waals surface area contributed by atoms with E-state index in [2.05, 4.69) is 77.7 Å². The summed E-state index contributed by atoms with van der Waals surface area (Å²) in [5.74, 6) is 0. The van der Waals surface area contributed by atoms with Crippen molar-refractivity contribution in [2.45, 2.75) is 56.3 Å². The molecule has 1 aliphatic carbocycles. The van der Waals surface area contributed by atoms with E-state index < -0.39 is 5.60 Å². The normalized spacial score (nSPS) is 20.0. The highest BCUT2D eigenvalue weighted by Gasteiger charge is 2.42. The molecule has 1 fully saturated rings. The van der Waals surface area contributed by atoms with Crippen LogP contribution in [0.15, 0.2) is 72.8 Å². The molecule has 0 amide bonds. The summed E-state index contributed by atoms with van der Waals surface area (Å²) in [7, 11) is 0. The van der Waals surface area contributed by atoms with Gasteiger partial charge in [-0.15, -0.1) is 12.4 Å². The van der Waals surface area contributed by atoms with Crippen molar-refractivity contribution in [2.24, 2.45) is 0 Å². The monoisotopic (exact) mass is 475 g/mol. The van der Waals surface area contributed by atoms with Gasteiger partial charge in [0.05, 0.1) is 12.2 Å². The van der Waals surface area contributed by atoms with Crippen LogP contribution >= 0.6 is 12.4 Å². The van der Waals surface area contributed by atoms with Crippen molar-refractivity contribution < 1.29 is 9.84 Å². The molecule has 0 aromatic heterocycles. The molecular formula is C30H34ClNO2. The van der Waals surface area contributed by atoms with Gasteiger partial charge >= 0.3 is 0 Å².